The summed E-state index contributed by atoms with van der Waals surface area (Å²) in [6.45, 7) is 31.3. The van der Waals surface area contributed by atoms with Crippen molar-refractivity contribution in [1.29, 1.82) is 5.26 Å². The number of thiocarbonyl (C=S) groups is 1. The lowest BCUT2D eigenvalue weighted by Gasteiger charge is -2.10. The second-order valence-electron chi connectivity index (χ2n) is 11.1. The SMILES string of the molecule is CC(C)C(=NC#N)C(C)C.CC(C)C(=O)C(C)C.CC(C)C(=S)C(C)C.CC(C)S(=O)(=O)C(C)C. The largest absolute Gasteiger partial charge is 0.299 e. The number of carbonyl (C=O) groups excluding carboxylic acids is 1. The van der Waals surface area contributed by atoms with Crippen LogP contribution in [0.1, 0.15) is 111 Å². The van der Waals surface area contributed by atoms with E-state index in [0.717, 1.165) is 5.71 Å². The van der Waals surface area contributed by atoms with Crippen molar-refractivity contribution in [1.82, 2.24) is 0 Å². The molecule has 0 bridgehead atoms. The zero-order valence-corrected chi connectivity index (χ0v) is 27.2. The van der Waals surface area contributed by atoms with Crippen molar-refractivity contribution < 1.29 is 13.2 Å². The molecule has 0 rings (SSSR count). The lowest BCUT2D eigenvalue weighted by atomic mass is 9.98. The minimum atomic E-state index is -2.81. The molecule has 0 N–H and O–H groups in total. The van der Waals surface area contributed by atoms with Crippen LogP contribution in [-0.4, -0.2) is 35.3 Å². The molecule has 0 radical (unpaired) electrons. The fraction of sp³-hybridized carbons (Fsp3) is 0.857. The standard InChI is InChI=1S/C8H14N2.C7H14O.C7H14S.C6H14O2S/c1-6(2)8(7(3)4)10-5-9;2*1-5(2)7(8)6(3)4;1-5(2)9(7,8)6(3)4/h6-7H,1-4H3;2*5-6H,1-4H3;5-6H,1-4H3. The molecule has 0 fully saturated rings. The minimum Gasteiger partial charge on any atom is -0.299 e. The van der Waals surface area contributed by atoms with E-state index in [1.165, 1.54) is 4.86 Å². The molecule has 7 heteroatoms. The molecule has 0 aliphatic heterocycles. The molecule has 0 aliphatic carbocycles. The summed E-state index contributed by atoms with van der Waals surface area (Å²) >= 11 is 5.10. The molecular weight excluding hydrogens is 476 g/mol. The zero-order valence-electron chi connectivity index (χ0n) is 25.6. The number of ketones is 1. The summed E-state index contributed by atoms with van der Waals surface area (Å²) in [4.78, 5) is 15.8. The number of aliphatic imine (C=N–C) groups is 1. The van der Waals surface area contributed by atoms with Crippen LogP contribution in [-0.2, 0) is 14.6 Å². The quantitative estimate of drug-likeness (QED) is 0.180. The molecule has 0 unspecified atom stereocenters. The summed E-state index contributed by atoms with van der Waals surface area (Å²) in [5, 5.41) is 7.82. The van der Waals surface area contributed by atoms with Gasteiger partial charge < -0.3 is 0 Å². The molecule has 0 amide bonds. The molecule has 0 saturated heterocycles. The topological polar surface area (TPSA) is 87.4 Å². The minimum absolute atomic E-state index is 0.204. The van der Waals surface area contributed by atoms with Crippen LogP contribution in [0.3, 0.4) is 0 Å². The first-order valence-electron chi connectivity index (χ1n) is 12.9. The molecule has 0 aliphatic rings. The molecule has 35 heavy (non-hydrogen) atoms. The van der Waals surface area contributed by atoms with E-state index >= 15 is 0 Å². The average molecular weight is 533 g/mol. The number of hydrogen-bond donors (Lipinski definition) is 0. The van der Waals surface area contributed by atoms with Crippen LogP contribution in [0.25, 0.3) is 0 Å². The predicted octanol–water partition coefficient (Wildman–Crippen LogP) is 7.97. The highest BCUT2D eigenvalue weighted by atomic mass is 32.2. The number of nitriles is 1. The van der Waals surface area contributed by atoms with Gasteiger partial charge in [-0.1, -0.05) is 95.3 Å². The van der Waals surface area contributed by atoms with Crippen molar-refractivity contribution >= 4 is 38.4 Å². The van der Waals surface area contributed by atoms with E-state index < -0.39 is 9.84 Å². The van der Waals surface area contributed by atoms with Crippen LogP contribution in [0.5, 0.6) is 0 Å². The second kappa shape index (κ2) is 21.0. The second-order valence-corrected chi connectivity index (χ2v) is 14.6. The molecule has 0 aromatic rings. The summed E-state index contributed by atoms with van der Waals surface area (Å²) < 4.78 is 22.1. The molecule has 0 atom stereocenters. The Balaban J connectivity index is -0.000000184. The van der Waals surface area contributed by atoms with E-state index in [0.29, 0.717) is 29.5 Å². The molecule has 0 heterocycles. The first kappa shape index (κ1) is 41.0. The van der Waals surface area contributed by atoms with Gasteiger partial charge in [0.1, 0.15) is 5.78 Å². The van der Waals surface area contributed by atoms with E-state index in [2.05, 4.69) is 60.4 Å². The summed E-state index contributed by atoms with van der Waals surface area (Å²) in [7, 11) is -2.81. The number of carbonyl (C=O) groups is 1. The van der Waals surface area contributed by atoms with Crippen molar-refractivity contribution in [3.8, 4) is 6.19 Å². The number of hydrogen-bond acceptors (Lipinski definition) is 6. The van der Waals surface area contributed by atoms with Gasteiger partial charge in [-0.25, -0.2) is 8.42 Å². The molecule has 0 saturated carbocycles. The summed E-state index contributed by atoms with van der Waals surface area (Å²) in [5.74, 6) is 2.68. The van der Waals surface area contributed by atoms with Crippen molar-refractivity contribution in [3.63, 3.8) is 0 Å². The van der Waals surface area contributed by atoms with Crippen molar-refractivity contribution in [2.75, 3.05) is 0 Å². The lowest BCUT2D eigenvalue weighted by molar-refractivity contribution is -0.124. The van der Waals surface area contributed by atoms with Gasteiger partial charge in [0.25, 0.3) is 0 Å². The third-order valence-electron chi connectivity index (χ3n) is 4.95. The van der Waals surface area contributed by atoms with Crippen molar-refractivity contribution in [2.24, 2.45) is 40.5 Å². The van der Waals surface area contributed by atoms with Gasteiger partial charge in [0.05, 0.1) is 10.5 Å². The maximum absolute atomic E-state index is 11.0. The molecule has 0 aromatic carbocycles. The van der Waals surface area contributed by atoms with Crippen LogP contribution in [0.4, 0.5) is 0 Å². The van der Waals surface area contributed by atoms with E-state index in [1.807, 2.05) is 33.9 Å². The Kier molecular flexibility index (Phi) is 24.6. The monoisotopic (exact) mass is 532 g/mol. The Morgan fingerprint density at radius 3 is 0.943 bits per heavy atom. The van der Waals surface area contributed by atoms with Crippen molar-refractivity contribution in [2.45, 2.75) is 121 Å². The number of Topliss-reactive ketones (excluding diaryl/α,β-unsaturated/α-hetero) is 1. The van der Waals surface area contributed by atoms with Crippen LogP contribution in [0.15, 0.2) is 4.99 Å². The molecule has 208 valence electrons. The van der Waals surface area contributed by atoms with E-state index in [1.54, 1.807) is 27.7 Å². The highest BCUT2D eigenvalue weighted by Gasteiger charge is 2.19. The normalized spacial score (nSPS) is 11.1. The maximum atomic E-state index is 11.0. The zero-order chi connectivity index (χ0) is 29.3. The predicted molar refractivity (Wildman–Crippen MR) is 159 cm³/mol. The summed E-state index contributed by atoms with van der Waals surface area (Å²) in [6.07, 6.45) is 1.82. The van der Waals surface area contributed by atoms with E-state index in [4.69, 9.17) is 17.5 Å². The molecular formula is C28H56N2O3S2. The summed E-state index contributed by atoms with van der Waals surface area (Å²) in [5.41, 5.74) is 0.988. The van der Waals surface area contributed by atoms with Gasteiger partial charge in [-0.3, -0.25) is 4.79 Å². The first-order valence-corrected chi connectivity index (χ1v) is 14.9. The van der Waals surface area contributed by atoms with E-state index in [-0.39, 0.29) is 22.3 Å². The number of nitrogens with zero attached hydrogens (tertiary/aromatic N) is 2. The lowest BCUT2D eigenvalue weighted by Crippen LogP contribution is -2.23. The maximum Gasteiger partial charge on any atom is 0.205 e. The highest BCUT2D eigenvalue weighted by Crippen LogP contribution is 2.08. The Labute approximate surface area is 224 Å². The van der Waals surface area contributed by atoms with Gasteiger partial charge >= 0.3 is 0 Å². The van der Waals surface area contributed by atoms with Crippen LogP contribution >= 0.6 is 12.2 Å². The van der Waals surface area contributed by atoms with Gasteiger partial charge in [0, 0.05) is 17.5 Å². The number of rotatable bonds is 8. The summed E-state index contributed by atoms with van der Waals surface area (Å²) in [6, 6.07) is 0. The van der Waals surface area contributed by atoms with Crippen LogP contribution in [0, 0.1) is 47.0 Å². The molecule has 0 spiro atoms. The fourth-order valence-corrected chi connectivity index (χ4v) is 3.95. The smallest absolute Gasteiger partial charge is 0.205 e. The Bertz CT molecular complexity index is 686. The van der Waals surface area contributed by atoms with Gasteiger partial charge in [0.15, 0.2) is 9.84 Å². The Morgan fingerprint density at radius 2 is 0.914 bits per heavy atom. The fourth-order valence-electron chi connectivity index (χ4n) is 2.86. The molecule has 5 nitrogen and oxygen atoms in total. The highest BCUT2D eigenvalue weighted by molar-refractivity contribution is 7.92. The van der Waals surface area contributed by atoms with Gasteiger partial charge in [-0.2, -0.15) is 10.3 Å². The molecule has 0 aromatic heterocycles. The van der Waals surface area contributed by atoms with Gasteiger partial charge in [0.2, 0.25) is 6.19 Å². The Morgan fingerprint density at radius 1 is 0.629 bits per heavy atom. The van der Waals surface area contributed by atoms with Gasteiger partial charge in [-0.15, -0.1) is 0 Å². The van der Waals surface area contributed by atoms with E-state index in [9.17, 15) is 13.2 Å². The van der Waals surface area contributed by atoms with Gasteiger partial charge in [-0.05, 0) is 56.2 Å². The van der Waals surface area contributed by atoms with Crippen molar-refractivity contribution in [3.05, 3.63) is 0 Å². The third kappa shape index (κ3) is 21.8. The Hall–Kier alpha value is -1.13. The first-order chi connectivity index (χ1) is 15.6. The van der Waals surface area contributed by atoms with Crippen LogP contribution in [0.2, 0.25) is 0 Å². The average Bonchev–Trinajstić information content (AvgIpc) is 2.70. The number of sulfone groups is 1. The van der Waals surface area contributed by atoms with Crippen LogP contribution < -0.4 is 0 Å². The third-order valence-corrected chi connectivity index (χ3v) is 8.52.